The molecule has 1 aliphatic carbocycles. The van der Waals surface area contributed by atoms with Crippen LogP contribution in [0.3, 0.4) is 0 Å². The normalized spacial score (nSPS) is 26.1. The van der Waals surface area contributed by atoms with Crippen molar-refractivity contribution in [3.05, 3.63) is 36.0 Å². The van der Waals surface area contributed by atoms with Gasteiger partial charge in [-0.1, -0.05) is 24.4 Å². The topological polar surface area (TPSA) is 62.4 Å². The van der Waals surface area contributed by atoms with Crippen molar-refractivity contribution in [3.8, 4) is 11.4 Å². The van der Waals surface area contributed by atoms with E-state index in [1.54, 1.807) is 12.1 Å². The van der Waals surface area contributed by atoms with Crippen molar-refractivity contribution >= 4 is 0 Å². The van der Waals surface area contributed by atoms with Crippen LogP contribution in [0.2, 0.25) is 0 Å². The molecule has 1 aromatic carbocycles. The first-order valence-electron chi connectivity index (χ1n) is 8.74. The summed E-state index contributed by atoms with van der Waals surface area (Å²) >= 11 is 0. The van der Waals surface area contributed by atoms with Gasteiger partial charge in [-0.2, -0.15) is 4.98 Å². The minimum atomic E-state index is -0.349. The van der Waals surface area contributed by atoms with Crippen molar-refractivity contribution in [1.82, 2.24) is 15.0 Å². The molecule has 128 valence electrons. The molecule has 1 saturated carbocycles. The summed E-state index contributed by atoms with van der Waals surface area (Å²) in [6.07, 6.45) is 6.40. The van der Waals surface area contributed by atoms with E-state index < -0.39 is 0 Å². The van der Waals surface area contributed by atoms with Crippen molar-refractivity contribution in [1.29, 1.82) is 0 Å². The summed E-state index contributed by atoms with van der Waals surface area (Å²) in [5.41, 5.74) is 0.731. The number of rotatable bonds is 3. The van der Waals surface area contributed by atoms with Gasteiger partial charge < -0.3 is 9.63 Å². The number of hydrogen-bond acceptors (Lipinski definition) is 5. The smallest absolute Gasteiger partial charge is 0.244 e. The van der Waals surface area contributed by atoms with E-state index in [9.17, 15) is 9.50 Å². The van der Waals surface area contributed by atoms with Crippen LogP contribution in [-0.4, -0.2) is 38.8 Å². The molecule has 2 fully saturated rings. The second-order valence-electron chi connectivity index (χ2n) is 6.86. The molecule has 2 atom stereocenters. The van der Waals surface area contributed by atoms with Gasteiger partial charge in [-0.3, -0.25) is 4.90 Å². The molecule has 1 aliphatic heterocycles. The van der Waals surface area contributed by atoms with Crippen LogP contribution in [0.1, 0.15) is 50.5 Å². The Morgan fingerprint density at radius 3 is 2.62 bits per heavy atom. The zero-order valence-electron chi connectivity index (χ0n) is 13.6. The van der Waals surface area contributed by atoms with Gasteiger partial charge in [-0.15, -0.1) is 0 Å². The van der Waals surface area contributed by atoms with E-state index in [-0.39, 0.29) is 18.0 Å². The third-order valence-corrected chi connectivity index (χ3v) is 5.19. The van der Waals surface area contributed by atoms with Gasteiger partial charge in [0.25, 0.3) is 0 Å². The van der Waals surface area contributed by atoms with Crippen LogP contribution in [0.5, 0.6) is 0 Å². The molecular weight excluding hydrogens is 309 g/mol. The lowest BCUT2D eigenvalue weighted by Gasteiger charge is -2.33. The van der Waals surface area contributed by atoms with Gasteiger partial charge in [-0.05, 0) is 43.5 Å². The molecular formula is C18H22FN3O2. The number of aromatic nitrogens is 2. The fourth-order valence-corrected chi connectivity index (χ4v) is 3.98. The lowest BCUT2D eigenvalue weighted by atomic mass is 9.94. The molecule has 0 spiro atoms. The van der Waals surface area contributed by atoms with Crippen molar-refractivity contribution in [3.63, 3.8) is 0 Å². The first kappa shape index (κ1) is 15.7. The lowest BCUT2D eigenvalue weighted by Crippen LogP contribution is -2.37. The van der Waals surface area contributed by atoms with Crippen molar-refractivity contribution in [2.75, 3.05) is 6.54 Å². The number of aliphatic hydroxyl groups excluding tert-OH is 1. The maximum atomic E-state index is 13.1. The number of nitrogens with zero attached hydrogens (tertiary/aromatic N) is 3. The monoisotopic (exact) mass is 331 g/mol. The Labute approximate surface area is 140 Å². The van der Waals surface area contributed by atoms with E-state index in [4.69, 9.17) is 4.52 Å². The number of aliphatic hydroxyl groups is 1. The molecule has 24 heavy (non-hydrogen) atoms. The largest absolute Gasteiger partial charge is 0.392 e. The Morgan fingerprint density at radius 2 is 1.88 bits per heavy atom. The third-order valence-electron chi connectivity index (χ3n) is 5.19. The molecule has 1 saturated heterocycles. The summed E-state index contributed by atoms with van der Waals surface area (Å²) in [6, 6.07) is 6.53. The van der Waals surface area contributed by atoms with Gasteiger partial charge in [0.15, 0.2) is 0 Å². The Hall–Kier alpha value is -1.79. The Morgan fingerprint density at radius 1 is 1.12 bits per heavy atom. The van der Waals surface area contributed by atoms with Gasteiger partial charge in [-0.25, -0.2) is 4.39 Å². The SMILES string of the molecule is O[C@@H]1C[C@@H](c2nc(-c3ccc(F)cc3)no2)N(C2CCCCC2)C1. The summed E-state index contributed by atoms with van der Waals surface area (Å²) < 4.78 is 18.5. The van der Waals surface area contributed by atoms with Gasteiger partial charge in [0.05, 0.1) is 12.1 Å². The molecule has 0 radical (unpaired) electrons. The van der Waals surface area contributed by atoms with Gasteiger partial charge in [0, 0.05) is 18.2 Å². The lowest BCUT2D eigenvalue weighted by molar-refractivity contribution is 0.110. The number of benzene rings is 1. The minimum absolute atomic E-state index is 0.0233. The predicted octanol–water partition coefficient (Wildman–Crippen LogP) is 3.32. The average Bonchev–Trinajstić information content (AvgIpc) is 3.23. The van der Waals surface area contributed by atoms with E-state index in [2.05, 4.69) is 15.0 Å². The highest BCUT2D eigenvalue weighted by Crippen LogP contribution is 2.37. The Balaban J connectivity index is 1.56. The quantitative estimate of drug-likeness (QED) is 0.935. The van der Waals surface area contributed by atoms with E-state index in [0.717, 1.165) is 5.56 Å². The van der Waals surface area contributed by atoms with Crippen molar-refractivity contribution < 1.29 is 14.0 Å². The highest BCUT2D eigenvalue weighted by Gasteiger charge is 2.39. The maximum Gasteiger partial charge on any atom is 0.244 e. The highest BCUT2D eigenvalue weighted by molar-refractivity contribution is 5.53. The van der Waals surface area contributed by atoms with Crippen molar-refractivity contribution in [2.24, 2.45) is 0 Å². The Bertz CT molecular complexity index is 682. The molecule has 1 aromatic heterocycles. The fraction of sp³-hybridized carbons (Fsp3) is 0.556. The molecule has 2 heterocycles. The molecule has 0 bridgehead atoms. The molecule has 2 aromatic rings. The first-order chi connectivity index (χ1) is 11.7. The zero-order valence-corrected chi connectivity index (χ0v) is 13.6. The number of hydrogen-bond donors (Lipinski definition) is 1. The zero-order chi connectivity index (χ0) is 16.5. The minimum Gasteiger partial charge on any atom is -0.392 e. The first-order valence-corrected chi connectivity index (χ1v) is 8.74. The Kier molecular flexibility index (Phi) is 4.33. The molecule has 6 heteroatoms. The number of β-amino-alcohol motifs (C(OH)–C–C–N with tert-alkyl or cyclic N) is 1. The molecule has 2 aliphatic rings. The van der Waals surface area contributed by atoms with E-state index in [0.29, 0.717) is 30.7 Å². The summed E-state index contributed by atoms with van der Waals surface area (Å²) in [7, 11) is 0. The van der Waals surface area contributed by atoms with Gasteiger partial charge in [0.2, 0.25) is 11.7 Å². The molecule has 5 nitrogen and oxygen atoms in total. The second-order valence-corrected chi connectivity index (χ2v) is 6.86. The van der Waals surface area contributed by atoms with Crippen LogP contribution >= 0.6 is 0 Å². The van der Waals surface area contributed by atoms with Gasteiger partial charge in [0.1, 0.15) is 5.82 Å². The van der Waals surface area contributed by atoms with Crippen molar-refractivity contribution in [2.45, 2.75) is 56.7 Å². The fourth-order valence-electron chi connectivity index (χ4n) is 3.98. The van der Waals surface area contributed by atoms with Gasteiger partial charge >= 0.3 is 0 Å². The van der Waals surface area contributed by atoms with E-state index in [1.807, 2.05) is 0 Å². The van der Waals surface area contributed by atoms with Crippen LogP contribution in [-0.2, 0) is 0 Å². The predicted molar refractivity (Wildman–Crippen MR) is 86.6 cm³/mol. The highest BCUT2D eigenvalue weighted by atomic mass is 19.1. The summed E-state index contributed by atoms with van der Waals surface area (Å²) in [5, 5.41) is 14.2. The average molecular weight is 331 g/mol. The maximum absolute atomic E-state index is 13.1. The number of likely N-dealkylation sites (tertiary alicyclic amines) is 1. The molecule has 0 unspecified atom stereocenters. The van der Waals surface area contributed by atoms with Crippen LogP contribution in [0, 0.1) is 5.82 Å². The molecule has 4 rings (SSSR count). The standard InChI is InChI=1S/C18H22FN3O2/c19-13-8-6-12(7-9-13)17-20-18(24-21-17)16-10-15(23)11-22(16)14-4-2-1-3-5-14/h6-9,14-16,23H,1-5,10-11H2/t15-,16+/m1/s1. The van der Waals surface area contributed by atoms with Crippen LogP contribution in [0.15, 0.2) is 28.8 Å². The summed E-state index contributed by atoms with van der Waals surface area (Å²) in [5.74, 6) is 0.733. The molecule has 0 amide bonds. The van der Waals surface area contributed by atoms with Crippen LogP contribution in [0.4, 0.5) is 4.39 Å². The summed E-state index contributed by atoms with van der Waals surface area (Å²) in [4.78, 5) is 6.86. The number of halogens is 1. The van der Waals surface area contributed by atoms with E-state index >= 15 is 0 Å². The van der Waals surface area contributed by atoms with E-state index in [1.165, 1.54) is 44.2 Å². The summed E-state index contributed by atoms with van der Waals surface area (Å²) in [6.45, 7) is 0.670. The third kappa shape index (κ3) is 3.08. The molecule has 1 N–H and O–H groups in total. The van der Waals surface area contributed by atoms with Crippen LogP contribution < -0.4 is 0 Å². The van der Waals surface area contributed by atoms with Crippen LogP contribution in [0.25, 0.3) is 11.4 Å². The second kappa shape index (κ2) is 6.61.